The van der Waals surface area contributed by atoms with Crippen molar-refractivity contribution in [1.29, 1.82) is 0 Å². The van der Waals surface area contributed by atoms with Crippen LogP contribution in [0.15, 0.2) is 0 Å². The van der Waals surface area contributed by atoms with Crippen LogP contribution >= 0.6 is 23.2 Å². The average molecular weight is 146 g/mol. The van der Waals surface area contributed by atoms with E-state index in [0.717, 1.165) is 0 Å². The van der Waals surface area contributed by atoms with Gasteiger partial charge in [0.05, 0.1) is 0 Å². The minimum absolute atomic E-state index is 0.0386. The van der Waals surface area contributed by atoms with Crippen LogP contribution in [-0.4, -0.2) is 12.1 Å². The van der Waals surface area contributed by atoms with Crippen molar-refractivity contribution in [3.8, 4) is 0 Å². The van der Waals surface area contributed by atoms with Gasteiger partial charge in [0.15, 0.2) is 0 Å². The van der Waals surface area contributed by atoms with E-state index in [1.807, 2.05) is 5.64 Å². The Morgan fingerprint density at radius 1 is 1.14 bits per heavy atom. The molecule has 0 radical (unpaired) electrons. The fraction of sp³-hybridized carbons (Fsp3) is 1.00. The van der Waals surface area contributed by atoms with Crippen LogP contribution in [0.1, 0.15) is 0 Å². The van der Waals surface area contributed by atoms with Crippen molar-refractivity contribution in [1.82, 2.24) is 5.64 Å². The first kappa shape index (κ1) is 7.46. The quantitative estimate of drug-likeness (QED) is 0.362. The zero-order valence-corrected chi connectivity index (χ0v) is 5.00. The third-order valence-electron chi connectivity index (χ3n) is 0.227. The van der Waals surface area contributed by atoms with Crippen LogP contribution in [0.2, 0.25) is 0 Å². The van der Waals surface area contributed by atoms with Crippen molar-refractivity contribution in [2.24, 2.45) is 0 Å². The van der Waals surface area contributed by atoms with Gasteiger partial charge in [-0.1, -0.05) is 28.8 Å². The molecule has 0 aromatic heterocycles. The van der Waals surface area contributed by atoms with E-state index < -0.39 is 0 Å². The zero-order chi connectivity index (χ0) is 5.54. The molecule has 1 N–H and O–H groups in total. The van der Waals surface area contributed by atoms with Gasteiger partial charge in [0.25, 0.3) is 0 Å². The van der Waals surface area contributed by atoms with Crippen molar-refractivity contribution < 1.29 is 9.68 Å². The summed E-state index contributed by atoms with van der Waals surface area (Å²) in [5.74, 6) is 0. The number of hydrogen-bond acceptors (Lipinski definition) is 3. The Kier molecular flexibility index (Phi) is 6.88. The Morgan fingerprint density at radius 2 is 1.57 bits per heavy atom. The number of alkyl halides is 2. The van der Waals surface area contributed by atoms with Crippen LogP contribution in [0.3, 0.4) is 0 Å². The summed E-state index contributed by atoms with van der Waals surface area (Å²) in [7, 11) is 0. The second-order valence-corrected chi connectivity index (χ2v) is 1.03. The molecule has 44 valence electrons. The van der Waals surface area contributed by atoms with Gasteiger partial charge in [-0.15, -0.1) is 0 Å². The molecule has 0 amide bonds. The van der Waals surface area contributed by atoms with Crippen LogP contribution in [0, 0.1) is 0 Å². The Morgan fingerprint density at radius 3 is 1.86 bits per heavy atom. The highest BCUT2D eigenvalue weighted by Crippen LogP contribution is 1.75. The van der Waals surface area contributed by atoms with E-state index in [0.29, 0.717) is 0 Å². The minimum Gasteiger partial charge on any atom is -0.261 e. The van der Waals surface area contributed by atoms with Crippen molar-refractivity contribution in [2.45, 2.75) is 0 Å². The summed E-state index contributed by atoms with van der Waals surface area (Å²) in [5, 5.41) is 0. The molecule has 0 aliphatic carbocycles. The van der Waals surface area contributed by atoms with E-state index in [9.17, 15) is 0 Å². The molecule has 0 saturated carbocycles. The second-order valence-electron chi connectivity index (χ2n) is 0.590. The van der Waals surface area contributed by atoms with Gasteiger partial charge in [-0.05, 0) is 0 Å². The molecular formula is C2H5Cl2NO2. The molecule has 0 bridgehead atoms. The topological polar surface area (TPSA) is 30.5 Å². The van der Waals surface area contributed by atoms with Gasteiger partial charge in [0.2, 0.25) is 0 Å². The van der Waals surface area contributed by atoms with Crippen LogP contribution < -0.4 is 5.64 Å². The Hall–Kier alpha value is 0.460. The van der Waals surface area contributed by atoms with Gasteiger partial charge < -0.3 is 0 Å². The molecule has 0 aromatic rings. The molecule has 0 aliphatic heterocycles. The van der Waals surface area contributed by atoms with Gasteiger partial charge >= 0.3 is 0 Å². The van der Waals surface area contributed by atoms with E-state index >= 15 is 0 Å². The van der Waals surface area contributed by atoms with Crippen molar-refractivity contribution in [3.05, 3.63) is 0 Å². The lowest BCUT2D eigenvalue weighted by Gasteiger charge is -1.96. The van der Waals surface area contributed by atoms with Gasteiger partial charge in [-0.2, -0.15) is 0 Å². The van der Waals surface area contributed by atoms with Crippen LogP contribution in [-0.2, 0) is 9.68 Å². The van der Waals surface area contributed by atoms with E-state index in [2.05, 4.69) is 9.68 Å². The molecule has 0 unspecified atom stereocenters. The van der Waals surface area contributed by atoms with E-state index in [-0.39, 0.29) is 12.1 Å². The summed E-state index contributed by atoms with van der Waals surface area (Å²) in [6.45, 7) is 0. The van der Waals surface area contributed by atoms with Gasteiger partial charge in [-0.25, -0.2) is 0 Å². The van der Waals surface area contributed by atoms with Crippen molar-refractivity contribution >= 4 is 23.2 Å². The molecular weight excluding hydrogens is 141 g/mol. The maximum Gasteiger partial charge on any atom is 0.144 e. The SMILES string of the molecule is ClCONOCCl. The number of hydrogen-bond donors (Lipinski definition) is 1. The first-order valence-electron chi connectivity index (χ1n) is 1.52. The number of halogens is 2. The third-order valence-corrected chi connectivity index (χ3v) is 0.445. The summed E-state index contributed by atoms with van der Waals surface area (Å²) in [4.78, 5) is 8.57. The predicted molar refractivity (Wildman–Crippen MR) is 26.7 cm³/mol. The summed E-state index contributed by atoms with van der Waals surface area (Å²) in [6.07, 6.45) is 0. The molecule has 0 spiro atoms. The van der Waals surface area contributed by atoms with Gasteiger partial charge in [0, 0.05) is 0 Å². The molecule has 0 saturated heterocycles. The van der Waals surface area contributed by atoms with Crippen molar-refractivity contribution in [3.63, 3.8) is 0 Å². The average Bonchev–Trinajstić information content (AvgIpc) is 1.69. The van der Waals surface area contributed by atoms with E-state index in [4.69, 9.17) is 23.2 Å². The molecule has 0 atom stereocenters. The minimum atomic E-state index is 0.0386. The highest BCUT2D eigenvalue weighted by molar-refractivity contribution is 6.17. The molecule has 0 heterocycles. The smallest absolute Gasteiger partial charge is 0.144 e. The number of nitrogens with one attached hydrogen (secondary N) is 1. The predicted octanol–water partition coefficient (Wildman–Crippen LogP) is 0.832. The Labute approximate surface area is 51.4 Å². The van der Waals surface area contributed by atoms with Crippen LogP contribution in [0.5, 0.6) is 0 Å². The molecule has 0 aromatic carbocycles. The fourth-order valence-corrected chi connectivity index (χ4v) is 0.175. The summed E-state index contributed by atoms with van der Waals surface area (Å²) in [6, 6.07) is 0.0772. The third kappa shape index (κ3) is 6.46. The highest BCUT2D eigenvalue weighted by atomic mass is 35.5. The summed E-state index contributed by atoms with van der Waals surface area (Å²) < 4.78 is 0. The monoisotopic (exact) mass is 145 g/mol. The molecule has 0 rings (SSSR count). The lowest BCUT2D eigenvalue weighted by Crippen LogP contribution is -2.12. The van der Waals surface area contributed by atoms with E-state index in [1.165, 1.54) is 0 Å². The normalized spacial score (nSPS) is 9.43. The largest absolute Gasteiger partial charge is 0.261 e. The first-order valence-corrected chi connectivity index (χ1v) is 2.59. The highest BCUT2D eigenvalue weighted by Gasteiger charge is 1.76. The Balaban J connectivity index is 2.45. The number of rotatable bonds is 4. The molecule has 7 heavy (non-hydrogen) atoms. The lowest BCUT2D eigenvalue weighted by molar-refractivity contribution is -0.144. The van der Waals surface area contributed by atoms with Crippen LogP contribution in [0.4, 0.5) is 0 Å². The summed E-state index contributed by atoms with van der Waals surface area (Å²) in [5.41, 5.74) is 2.02. The van der Waals surface area contributed by atoms with Gasteiger partial charge in [0.1, 0.15) is 12.1 Å². The van der Waals surface area contributed by atoms with Crippen LogP contribution in [0.25, 0.3) is 0 Å². The molecule has 0 fully saturated rings. The zero-order valence-electron chi connectivity index (χ0n) is 3.49. The first-order chi connectivity index (χ1) is 3.41. The Bertz CT molecular complexity index is 32.9. The van der Waals surface area contributed by atoms with Gasteiger partial charge in [-0.3, -0.25) is 9.68 Å². The molecule has 3 nitrogen and oxygen atoms in total. The molecule has 0 aliphatic rings. The second kappa shape index (κ2) is 6.46. The fourth-order valence-electron chi connectivity index (χ4n) is 0.0862. The lowest BCUT2D eigenvalue weighted by atomic mass is 11.7. The van der Waals surface area contributed by atoms with E-state index in [1.54, 1.807) is 0 Å². The maximum atomic E-state index is 5.03. The maximum absolute atomic E-state index is 5.03. The standard InChI is InChI=1S/C2H5Cl2NO2/c3-1-6-5-7-2-4/h5H,1-2H2. The van der Waals surface area contributed by atoms with Crippen molar-refractivity contribution in [2.75, 3.05) is 12.1 Å². The summed E-state index contributed by atoms with van der Waals surface area (Å²) >= 11 is 10.1. The molecule has 5 heteroatoms.